The molecular weight excluding hydrogens is 158 g/mol. The zero-order chi connectivity index (χ0) is 9.56. The lowest BCUT2D eigenvalue weighted by Crippen LogP contribution is -2.42. The van der Waals surface area contributed by atoms with Crippen LogP contribution in [0.15, 0.2) is 0 Å². The fourth-order valence-corrected chi connectivity index (χ4v) is 0.717. The van der Waals surface area contributed by atoms with Crippen LogP contribution in [-0.4, -0.2) is 42.9 Å². The first-order valence-electron chi connectivity index (χ1n) is 3.55. The molecule has 0 aliphatic carbocycles. The lowest BCUT2D eigenvalue weighted by Gasteiger charge is -2.16. The lowest BCUT2D eigenvalue weighted by molar-refractivity contribution is -0.120. The summed E-state index contributed by atoms with van der Waals surface area (Å²) in [6.45, 7) is 1.68. The van der Waals surface area contributed by atoms with E-state index in [2.05, 4.69) is 5.43 Å². The van der Waals surface area contributed by atoms with Crippen molar-refractivity contribution >= 4 is 17.8 Å². The van der Waals surface area contributed by atoms with E-state index < -0.39 is 0 Å². The predicted molar refractivity (Wildman–Crippen MR) is 45.1 cm³/mol. The van der Waals surface area contributed by atoms with Crippen LogP contribution >= 0.6 is 0 Å². The number of carbonyl (C=O) groups excluding carboxylic acids is 2. The molecule has 0 atom stereocenters. The van der Waals surface area contributed by atoms with E-state index in [4.69, 9.17) is 5.41 Å². The van der Waals surface area contributed by atoms with Crippen LogP contribution in [0.2, 0.25) is 0 Å². The normalized spacial score (nSPS) is 9.92. The highest BCUT2D eigenvalue weighted by Gasteiger charge is 2.08. The summed E-state index contributed by atoms with van der Waals surface area (Å²) < 4.78 is 0. The minimum atomic E-state index is -0.328. The largest absolute Gasteiger partial charge is 0.305 e. The molecule has 0 saturated heterocycles. The highest BCUT2D eigenvalue weighted by molar-refractivity contribution is 6.27. The van der Waals surface area contributed by atoms with Crippen molar-refractivity contribution in [2.75, 3.05) is 20.1 Å². The van der Waals surface area contributed by atoms with Gasteiger partial charge in [-0.2, -0.15) is 0 Å². The van der Waals surface area contributed by atoms with E-state index in [-0.39, 0.29) is 24.7 Å². The number of hydrazine groups is 1. The summed E-state index contributed by atoms with van der Waals surface area (Å²) in [5.41, 5.74) is 2.69. The maximum atomic E-state index is 10.7. The molecule has 0 saturated carbocycles. The topological polar surface area (TPSA) is 73.3 Å². The van der Waals surface area contributed by atoms with Crippen LogP contribution in [-0.2, 0) is 9.59 Å². The third kappa shape index (κ3) is 4.70. The van der Waals surface area contributed by atoms with Crippen molar-refractivity contribution in [2.24, 2.45) is 0 Å². The number of ketones is 2. The quantitative estimate of drug-likeness (QED) is 0.406. The second-order valence-electron chi connectivity index (χ2n) is 2.39. The molecule has 0 fully saturated rings. The molecule has 0 aliphatic heterocycles. The standard InChI is InChI=1S/C7H13N3O2/c1-6(11)4-10(9-2)5-7(12)3-8/h3,8-9H,4-5H2,1-2H3. The Balaban J connectivity index is 3.90. The number of rotatable bonds is 6. The van der Waals surface area contributed by atoms with Gasteiger partial charge in [0.15, 0.2) is 5.78 Å². The molecule has 0 bridgehead atoms. The maximum Gasteiger partial charge on any atom is 0.188 e. The third-order valence-electron chi connectivity index (χ3n) is 1.24. The number of hydrogen-bond donors (Lipinski definition) is 2. The third-order valence-corrected chi connectivity index (χ3v) is 1.24. The van der Waals surface area contributed by atoms with E-state index in [1.807, 2.05) is 0 Å². The molecule has 68 valence electrons. The first kappa shape index (κ1) is 10.9. The molecule has 0 aromatic carbocycles. The van der Waals surface area contributed by atoms with Crippen LogP contribution in [0.5, 0.6) is 0 Å². The molecule has 12 heavy (non-hydrogen) atoms. The van der Waals surface area contributed by atoms with Gasteiger partial charge in [0.1, 0.15) is 5.78 Å². The van der Waals surface area contributed by atoms with E-state index in [0.29, 0.717) is 0 Å². The smallest absolute Gasteiger partial charge is 0.188 e. The fraction of sp³-hybridized carbons (Fsp3) is 0.571. The van der Waals surface area contributed by atoms with Gasteiger partial charge >= 0.3 is 0 Å². The number of nitrogens with zero attached hydrogens (tertiary/aromatic N) is 1. The SMILES string of the molecule is CNN(CC(C)=O)CC(=O)C=N. The first-order valence-corrected chi connectivity index (χ1v) is 3.55. The number of carbonyl (C=O) groups is 2. The minimum absolute atomic E-state index is 0.0258. The van der Waals surface area contributed by atoms with E-state index >= 15 is 0 Å². The second-order valence-corrected chi connectivity index (χ2v) is 2.39. The average Bonchev–Trinajstić information content (AvgIpc) is 2.02. The molecule has 0 spiro atoms. The van der Waals surface area contributed by atoms with Crippen molar-refractivity contribution < 1.29 is 9.59 Å². The molecule has 0 radical (unpaired) electrons. The Bertz CT molecular complexity index is 191. The molecule has 0 amide bonds. The van der Waals surface area contributed by atoms with Crippen LogP contribution in [0, 0.1) is 5.41 Å². The summed E-state index contributed by atoms with van der Waals surface area (Å²) >= 11 is 0. The van der Waals surface area contributed by atoms with Crippen LogP contribution in [0.3, 0.4) is 0 Å². The van der Waals surface area contributed by atoms with Gasteiger partial charge in [0.2, 0.25) is 0 Å². The number of Topliss-reactive ketones (excluding diaryl/α,β-unsaturated/α-hetero) is 2. The van der Waals surface area contributed by atoms with Crippen molar-refractivity contribution in [2.45, 2.75) is 6.92 Å². The molecule has 0 heterocycles. The van der Waals surface area contributed by atoms with Crippen LogP contribution in [0.4, 0.5) is 0 Å². The minimum Gasteiger partial charge on any atom is -0.305 e. The van der Waals surface area contributed by atoms with Crippen molar-refractivity contribution in [3.8, 4) is 0 Å². The Kier molecular flexibility index (Phi) is 5.07. The van der Waals surface area contributed by atoms with Crippen LogP contribution in [0.1, 0.15) is 6.92 Å². The van der Waals surface area contributed by atoms with Crippen molar-refractivity contribution in [3.63, 3.8) is 0 Å². The van der Waals surface area contributed by atoms with E-state index in [1.165, 1.54) is 11.9 Å². The van der Waals surface area contributed by atoms with Gasteiger partial charge in [-0.15, -0.1) is 0 Å². The molecule has 5 heteroatoms. The molecule has 0 rings (SSSR count). The number of nitrogens with one attached hydrogen (secondary N) is 2. The fourth-order valence-electron chi connectivity index (χ4n) is 0.717. The molecule has 0 aromatic heterocycles. The summed E-state index contributed by atoms with van der Waals surface area (Å²) in [4.78, 5) is 21.4. The van der Waals surface area contributed by atoms with Gasteiger partial charge in [-0.1, -0.05) is 0 Å². The van der Waals surface area contributed by atoms with Gasteiger partial charge in [0.05, 0.1) is 19.3 Å². The molecule has 2 N–H and O–H groups in total. The molecule has 0 aliphatic rings. The highest BCUT2D eigenvalue weighted by atomic mass is 16.1. The highest BCUT2D eigenvalue weighted by Crippen LogP contribution is 1.82. The Hall–Kier alpha value is -1.07. The summed E-state index contributed by atoms with van der Waals surface area (Å²) in [5.74, 6) is -0.354. The monoisotopic (exact) mass is 171 g/mol. The summed E-state index contributed by atoms with van der Waals surface area (Å²) in [6, 6.07) is 0. The Morgan fingerprint density at radius 1 is 1.50 bits per heavy atom. The summed E-state index contributed by atoms with van der Waals surface area (Å²) in [5, 5.41) is 8.10. The van der Waals surface area contributed by atoms with Crippen LogP contribution in [0.25, 0.3) is 0 Å². The lowest BCUT2D eigenvalue weighted by atomic mass is 10.4. The van der Waals surface area contributed by atoms with Gasteiger partial charge < -0.3 is 5.41 Å². The zero-order valence-electron chi connectivity index (χ0n) is 7.26. The Morgan fingerprint density at radius 3 is 2.42 bits per heavy atom. The predicted octanol–water partition coefficient (Wildman–Crippen LogP) is -0.770. The maximum absolute atomic E-state index is 10.7. The first-order chi connectivity index (χ1) is 5.60. The van der Waals surface area contributed by atoms with Gasteiger partial charge in [-0.25, -0.2) is 5.01 Å². The van der Waals surface area contributed by atoms with Gasteiger partial charge in [0, 0.05) is 0 Å². The van der Waals surface area contributed by atoms with E-state index in [1.54, 1.807) is 7.05 Å². The van der Waals surface area contributed by atoms with Crippen LogP contribution < -0.4 is 5.43 Å². The summed E-state index contributed by atoms with van der Waals surface area (Å²) in [7, 11) is 1.63. The average molecular weight is 171 g/mol. The second kappa shape index (κ2) is 5.56. The van der Waals surface area contributed by atoms with Gasteiger partial charge in [-0.05, 0) is 14.0 Å². The van der Waals surface area contributed by atoms with E-state index in [9.17, 15) is 9.59 Å². The number of hydrogen-bond acceptors (Lipinski definition) is 5. The van der Waals surface area contributed by atoms with Crippen molar-refractivity contribution in [3.05, 3.63) is 0 Å². The molecule has 5 nitrogen and oxygen atoms in total. The van der Waals surface area contributed by atoms with Crippen molar-refractivity contribution in [1.82, 2.24) is 10.4 Å². The molecular formula is C7H13N3O2. The summed E-state index contributed by atoms with van der Waals surface area (Å²) in [6.07, 6.45) is 0.741. The zero-order valence-corrected chi connectivity index (χ0v) is 7.26. The Morgan fingerprint density at radius 2 is 2.08 bits per heavy atom. The van der Waals surface area contributed by atoms with Gasteiger partial charge in [-0.3, -0.25) is 15.0 Å². The van der Waals surface area contributed by atoms with Gasteiger partial charge in [0.25, 0.3) is 0 Å². The molecule has 0 unspecified atom stereocenters. The molecule has 0 aromatic rings. The Labute approximate surface area is 71.2 Å². The van der Waals surface area contributed by atoms with Crippen molar-refractivity contribution in [1.29, 1.82) is 5.41 Å². The van der Waals surface area contributed by atoms with E-state index in [0.717, 1.165) is 6.21 Å².